The molecule has 3 aromatic rings. The van der Waals surface area contributed by atoms with Gasteiger partial charge in [0.25, 0.3) is 0 Å². The van der Waals surface area contributed by atoms with Gasteiger partial charge in [0.05, 0.1) is 12.8 Å². The number of benzene rings is 3. The van der Waals surface area contributed by atoms with Crippen LogP contribution < -0.4 is 4.74 Å². The molecule has 0 aliphatic carbocycles. The molecule has 162 valence electrons. The third-order valence-corrected chi connectivity index (χ3v) is 5.39. The van der Waals surface area contributed by atoms with Crippen LogP contribution in [0.2, 0.25) is 0 Å². The van der Waals surface area contributed by atoms with Crippen molar-refractivity contribution in [2.45, 2.75) is 6.54 Å². The minimum Gasteiger partial charge on any atom is -0.497 e. The number of hydrogen-bond acceptors (Lipinski definition) is 3. The molecule has 1 heterocycles. The minimum atomic E-state index is -0.199. The van der Waals surface area contributed by atoms with Crippen molar-refractivity contribution in [3.05, 3.63) is 95.8 Å². The lowest BCUT2D eigenvalue weighted by atomic mass is 10.2. The second-order valence-corrected chi connectivity index (χ2v) is 7.64. The first-order valence-corrected chi connectivity index (χ1v) is 10.7. The Morgan fingerprint density at radius 2 is 1.59 bits per heavy atom. The van der Waals surface area contributed by atoms with Gasteiger partial charge in [0, 0.05) is 38.3 Å². The van der Waals surface area contributed by atoms with Crippen LogP contribution in [0, 0.1) is 17.7 Å². The molecule has 0 saturated carbocycles. The summed E-state index contributed by atoms with van der Waals surface area (Å²) in [5, 5.41) is 0. The third-order valence-electron chi connectivity index (χ3n) is 5.39. The second-order valence-electron chi connectivity index (χ2n) is 7.64. The first kappa shape index (κ1) is 21.6. The molecule has 0 amide bonds. The number of aliphatic imine (C=N–C) groups is 1. The van der Waals surface area contributed by atoms with E-state index in [0.717, 1.165) is 61.1 Å². The number of methoxy groups -OCH3 is 1. The van der Waals surface area contributed by atoms with E-state index < -0.39 is 0 Å². The number of ether oxygens (including phenoxy) is 1. The molecule has 32 heavy (non-hydrogen) atoms. The van der Waals surface area contributed by atoms with Crippen LogP contribution >= 0.6 is 0 Å². The molecule has 1 aliphatic heterocycles. The predicted octanol–water partition coefficient (Wildman–Crippen LogP) is 4.73. The van der Waals surface area contributed by atoms with Crippen LogP contribution in [0.5, 0.6) is 5.75 Å². The molecule has 5 heteroatoms. The standard InChI is InChI=1S/C27H26FN3O/c1-32-26-14-12-25(13-15-26)29-27(16-9-22-5-3-2-4-6-22)31-19-17-30(18-20-31)21-23-7-10-24(28)11-8-23/h2-8,10-15H,17-21H2,1H3. The van der Waals surface area contributed by atoms with E-state index >= 15 is 0 Å². The summed E-state index contributed by atoms with van der Waals surface area (Å²) >= 11 is 0. The van der Waals surface area contributed by atoms with Crippen molar-refractivity contribution in [1.29, 1.82) is 0 Å². The average Bonchev–Trinajstić information content (AvgIpc) is 2.85. The molecule has 0 unspecified atom stereocenters. The highest BCUT2D eigenvalue weighted by Crippen LogP contribution is 2.19. The summed E-state index contributed by atoms with van der Waals surface area (Å²) < 4.78 is 18.4. The molecular formula is C27H26FN3O. The molecule has 0 bridgehead atoms. The summed E-state index contributed by atoms with van der Waals surface area (Å²) in [5.74, 6) is 7.90. The second kappa shape index (κ2) is 10.6. The molecule has 0 radical (unpaired) electrons. The fraction of sp³-hybridized carbons (Fsp3) is 0.222. The van der Waals surface area contributed by atoms with Crippen molar-refractivity contribution >= 4 is 11.5 Å². The highest BCUT2D eigenvalue weighted by atomic mass is 19.1. The lowest BCUT2D eigenvalue weighted by Gasteiger charge is -2.35. The summed E-state index contributed by atoms with van der Waals surface area (Å²) in [7, 11) is 1.65. The highest BCUT2D eigenvalue weighted by molar-refractivity contribution is 6.00. The zero-order valence-corrected chi connectivity index (χ0v) is 18.2. The largest absolute Gasteiger partial charge is 0.497 e. The summed E-state index contributed by atoms with van der Waals surface area (Å²) in [6.45, 7) is 4.27. The van der Waals surface area contributed by atoms with E-state index in [0.29, 0.717) is 0 Å². The van der Waals surface area contributed by atoms with E-state index in [2.05, 4.69) is 21.6 Å². The van der Waals surface area contributed by atoms with Crippen molar-refractivity contribution < 1.29 is 9.13 Å². The molecule has 1 fully saturated rings. The van der Waals surface area contributed by atoms with E-state index in [4.69, 9.17) is 9.73 Å². The fourth-order valence-corrected chi connectivity index (χ4v) is 3.57. The molecule has 3 aromatic carbocycles. The van der Waals surface area contributed by atoms with E-state index in [1.165, 1.54) is 12.1 Å². The molecule has 0 spiro atoms. The van der Waals surface area contributed by atoms with E-state index in [1.54, 1.807) is 7.11 Å². The maximum atomic E-state index is 13.2. The monoisotopic (exact) mass is 427 g/mol. The Balaban J connectivity index is 1.49. The van der Waals surface area contributed by atoms with Gasteiger partial charge in [-0.05, 0) is 60.0 Å². The highest BCUT2D eigenvalue weighted by Gasteiger charge is 2.19. The van der Waals surface area contributed by atoms with Crippen LogP contribution in [0.4, 0.5) is 10.1 Å². The molecule has 1 aliphatic rings. The molecule has 0 aromatic heterocycles. The van der Waals surface area contributed by atoms with Crippen molar-refractivity contribution in [2.75, 3.05) is 33.3 Å². The summed E-state index contributed by atoms with van der Waals surface area (Å²) in [6.07, 6.45) is 0. The first-order chi connectivity index (χ1) is 15.7. The predicted molar refractivity (Wildman–Crippen MR) is 127 cm³/mol. The Morgan fingerprint density at radius 3 is 2.25 bits per heavy atom. The van der Waals surface area contributed by atoms with Gasteiger partial charge in [-0.2, -0.15) is 0 Å². The average molecular weight is 428 g/mol. The zero-order valence-electron chi connectivity index (χ0n) is 18.2. The molecule has 1 saturated heterocycles. The van der Waals surface area contributed by atoms with Crippen molar-refractivity contribution in [3.8, 4) is 17.6 Å². The Labute approximate surface area is 189 Å². The van der Waals surface area contributed by atoms with E-state index in [1.807, 2.05) is 66.7 Å². The van der Waals surface area contributed by atoms with Crippen LogP contribution in [0.25, 0.3) is 0 Å². The first-order valence-electron chi connectivity index (χ1n) is 10.7. The summed E-state index contributed by atoms with van der Waals surface area (Å²) in [5.41, 5.74) is 2.93. The normalized spacial score (nSPS) is 14.6. The molecule has 4 rings (SSSR count). The van der Waals surface area contributed by atoms with Gasteiger partial charge >= 0.3 is 0 Å². The number of hydrogen-bond donors (Lipinski definition) is 0. The summed E-state index contributed by atoms with van der Waals surface area (Å²) in [4.78, 5) is 9.46. The van der Waals surface area contributed by atoms with Gasteiger partial charge in [-0.1, -0.05) is 36.3 Å². The van der Waals surface area contributed by atoms with Crippen LogP contribution in [-0.2, 0) is 6.54 Å². The number of amidine groups is 1. The van der Waals surface area contributed by atoms with Crippen LogP contribution in [0.1, 0.15) is 11.1 Å². The van der Waals surface area contributed by atoms with Gasteiger partial charge in [0.2, 0.25) is 0 Å². The number of piperazine rings is 1. The topological polar surface area (TPSA) is 28.1 Å². The number of nitrogens with zero attached hydrogens (tertiary/aromatic N) is 3. The fourth-order valence-electron chi connectivity index (χ4n) is 3.57. The Bertz CT molecular complexity index is 1090. The van der Waals surface area contributed by atoms with Crippen molar-refractivity contribution in [1.82, 2.24) is 9.80 Å². The Hall–Kier alpha value is -3.62. The Kier molecular flexibility index (Phi) is 7.16. The van der Waals surface area contributed by atoms with E-state index in [9.17, 15) is 4.39 Å². The molecule has 0 N–H and O–H groups in total. The van der Waals surface area contributed by atoms with Crippen LogP contribution in [0.15, 0.2) is 83.9 Å². The lowest BCUT2D eigenvalue weighted by Crippen LogP contribution is -2.48. The van der Waals surface area contributed by atoms with E-state index in [-0.39, 0.29) is 5.82 Å². The maximum absolute atomic E-state index is 13.2. The van der Waals surface area contributed by atoms with Crippen molar-refractivity contribution in [3.63, 3.8) is 0 Å². The third kappa shape index (κ3) is 5.96. The molecule has 0 atom stereocenters. The lowest BCUT2D eigenvalue weighted by molar-refractivity contribution is 0.176. The van der Waals surface area contributed by atoms with Gasteiger partial charge in [0.1, 0.15) is 11.6 Å². The summed E-state index contributed by atoms with van der Waals surface area (Å²) in [6, 6.07) is 24.4. The molecule has 4 nitrogen and oxygen atoms in total. The number of halogens is 1. The maximum Gasteiger partial charge on any atom is 0.182 e. The van der Waals surface area contributed by atoms with Crippen LogP contribution in [-0.4, -0.2) is 48.9 Å². The van der Waals surface area contributed by atoms with Gasteiger partial charge in [-0.3, -0.25) is 4.90 Å². The van der Waals surface area contributed by atoms with Gasteiger partial charge in [-0.15, -0.1) is 0 Å². The van der Waals surface area contributed by atoms with Crippen LogP contribution in [0.3, 0.4) is 0 Å². The molecular weight excluding hydrogens is 401 g/mol. The SMILES string of the molecule is COc1ccc(N=C(C#Cc2ccccc2)N2CCN(Cc3ccc(F)cc3)CC2)cc1. The smallest absolute Gasteiger partial charge is 0.182 e. The van der Waals surface area contributed by atoms with Crippen molar-refractivity contribution in [2.24, 2.45) is 4.99 Å². The quantitative estimate of drug-likeness (QED) is 0.342. The van der Waals surface area contributed by atoms with Gasteiger partial charge in [0.15, 0.2) is 5.84 Å². The van der Waals surface area contributed by atoms with Gasteiger partial charge in [-0.25, -0.2) is 9.38 Å². The van der Waals surface area contributed by atoms with Gasteiger partial charge < -0.3 is 9.64 Å². The zero-order chi connectivity index (χ0) is 22.2. The Morgan fingerprint density at radius 1 is 0.906 bits per heavy atom. The number of rotatable bonds is 4. The minimum absolute atomic E-state index is 0.199.